The second-order valence-electron chi connectivity index (χ2n) is 5.65. The Balaban J connectivity index is 2.00. The number of rotatable bonds is 2. The number of ether oxygens (including phenoxy) is 1. The van der Waals surface area contributed by atoms with Crippen molar-refractivity contribution in [3.8, 4) is 5.88 Å². The molecule has 2 heterocycles. The third-order valence-corrected chi connectivity index (χ3v) is 4.07. The van der Waals surface area contributed by atoms with E-state index in [1.54, 1.807) is 0 Å². The third kappa shape index (κ3) is 1.97. The molecule has 2 aliphatic rings. The monoisotopic (exact) mass is 267 g/mol. The Kier molecular flexibility index (Phi) is 2.75. The minimum absolute atomic E-state index is 0.0992. The summed E-state index contributed by atoms with van der Waals surface area (Å²) in [5.74, 6) is 0.655. The van der Waals surface area contributed by atoms with Crippen LogP contribution in [0.4, 0.5) is 0 Å². The molecule has 0 bridgehead atoms. The molecule has 0 N–H and O–H groups in total. The van der Waals surface area contributed by atoms with E-state index in [4.69, 9.17) is 16.3 Å². The first-order valence-electron chi connectivity index (χ1n) is 6.43. The summed E-state index contributed by atoms with van der Waals surface area (Å²) in [6.45, 7) is 4.85. The number of nitrogens with zero attached hydrogens (tertiary/aromatic N) is 3. The van der Waals surface area contributed by atoms with Gasteiger partial charge in [-0.1, -0.05) is 0 Å². The van der Waals surface area contributed by atoms with Crippen LogP contribution < -0.4 is 4.74 Å². The van der Waals surface area contributed by atoms with Gasteiger partial charge in [0.15, 0.2) is 0 Å². The topological polar surface area (TPSA) is 38.3 Å². The Labute approximate surface area is 112 Å². The fraction of sp³-hybridized carbons (Fsp3) is 0.692. The van der Waals surface area contributed by atoms with Crippen molar-refractivity contribution in [1.82, 2.24) is 14.9 Å². The van der Waals surface area contributed by atoms with E-state index in [9.17, 15) is 0 Å². The van der Waals surface area contributed by atoms with E-state index in [1.807, 2.05) is 13.8 Å². The van der Waals surface area contributed by atoms with E-state index in [0.29, 0.717) is 16.7 Å². The summed E-state index contributed by atoms with van der Waals surface area (Å²) in [6.07, 6.45) is 3.58. The zero-order valence-electron chi connectivity index (χ0n) is 11.0. The van der Waals surface area contributed by atoms with E-state index in [0.717, 1.165) is 24.2 Å². The normalized spacial score (nSPS) is 21.2. The zero-order chi connectivity index (χ0) is 12.9. The molecule has 5 heteroatoms. The van der Waals surface area contributed by atoms with E-state index >= 15 is 0 Å². The van der Waals surface area contributed by atoms with Crippen LogP contribution in [-0.4, -0.2) is 33.6 Å². The molecular formula is C13H18ClN3O. The maximum atomic E-state index is 6.00. The third-order valence-electron chi connectivity index (χ3n) is 3.90. The molecule has 1 aromatic rings. The van der Waals surface area contributed by atoms with Crippen molar-refractivity contribution >= 4 is 11.6 Å². The van der Waals surface area contributed by atoms with Gasteiger partial charge in [0.05, 0.1) is 17.4 Å². The quantitative estimate of drug-likeness (QED) is 0.772. The van der Waals surface area contributed by atoms with Gasteiger partial charge < -0.3 is 4.74 Å². The molecule has 1 aromatic heterocycles. The molecule has 0 aromatic carbocycles. The minimum atomic E-state index is 0.0992. The van der Waals surface area contributed by atoms with Crippen LogP contribution in [-0.2, 0) is 13.0 Å². The van der Waals surface area contributed by atoms with Gasteiger partial charge >= 0.3 is 0 Å². The lowest BCUT2D eigenvalue weighted by atomic mass is 9.98. The van der Waals surface area contributed by atoms with E-state index in [-0.39, 0.29) is 6.10 Å². The predicted octanol–water partition coefficient (Wildman–Crippen LogP) is 2.44. The SMILES string of the molecule is CC(C)Oc1nc(Cl)nc2c1CN(C)C1(CC1)C2. The van der Waals surface area contributed by atoms with Gasteiger partial charge in [0.25, 0.3) is 0 Å². The molecule has 1 aliphatic heterocycles. The van der Waals surface area contributed by atoms with Gasteiger partial charge in [-0.15, -0.1) is 0 Å². The molecule has 98 valence electrons. The van der Waals surface area contributed by atoms with Gasteiger partial charge in [-0.25, -0.2) is 4.98 Å². The second-order valence-corrected chi connectivity index (χ2v) is 5.98. The molecule has 1 fully saturated rings. The van der Waals surface area contributed by atoms with Crippen LogP contribution in [0.15, 0.2) is 0 Å². The second kappa shape index (κ2) is 4.07. The van der Waals surface area contributed by atoms with Gasteiger partial charge in [0.2, 0.25) is 11.2 Å². The van der Waals surface area contributed by atoms with Crippen molar-refractivity contribution in [2.75, 3.05) is 7.05 Å². The molecule has 0 radical (unpaired) electrons. The largest absolute Gasteiger partial charge is 0.475 e. The van der Waals surface area contributed by atoms with Crippen LogP contribution in [0, 0.1) is 0 Å². The van der Waals surface area contributed by atoms with Gasteiger partial charge in [-0.05, 0) is 45.3 Å². The summed E-state index contributed by atoms with van der Waals surface area (Å²) in [5, 5.41) is 0.296. The van der Waals surface area contributed by atoms with Crippen molar-refractivity contribution in [2.24, 2.45) is 0 Å². The molecule has 18 heavy (non-hydrogen) atoms. The van der Waals surface area contributed by atoms with Crippen LogP contribution in [0.25, 0.3) is 0 Å². The number of fused-ring (bicyclic) bond motifs is 1. The summed E-state index contributed by atoms with van der Waals surface area (Å²) in [6, 6.07) is 0. The minimum Gasteiger partial charge on any atom is -0.475 e. The number of hydrogen-bond donors (Lipinski definition) is 0. The van der Waals surface area contributed by atoms with Gasteiger partial charge in [0, 0.05) is 18.5 Å². The summed E-state index contributed by atoms with van der Waals surface area (Å²) in [4.78, 5) is 11.0. The van der Waals surface area contributed by atoms with Crippen molar-refractivity contribution in [3.05, 3.63) is 16.5 Å². The molecular weight excluding hydrogens is 250 g/mol. The Morgan fingerprint density at radius 2 is 2.06 bits per heavy atom. The number of hydrogen-bond acceptors (Lipinski definition) is 4. The highest BCUT2D eigenvalue weighted by Crippen LogP contribution is 2.48. The molecule has 0 amide bonds. The van der Waals surface area contributed by atoms with Crippen LogP contribution in [0.2, 0.25) is 5.28 Å². The van der Waals surface area contributed by atoms with Crippen molar-refractivity contribution < 1.29 is 4.74 Å². The van der Waals surface area contributed by atoms with Crippen LogP contribution in [0.5, 0.6) is 5.88 Å². The van der Waals surface area contributed by atoms with Crippen molar-refractivity contribution in [2.45, 2.75) is 51.3 Å². The number of halogens is 1. The molecule has 3 rings (SSSR count). The van der Waals surface area contributed by atoms with Crippen LogP contribution in [0.3, 0.4) is 0 Å². The zero-order valence-corrected chi connectivity index (χ0v) is 11.8. The summed E-state index contributed by atoms with van der Waals surface area (Å²) in [7, 11) is 2.17. The molecule has 4 nitrogen and oxygen atoms in total. The highest BCUT2D eigenvalue weighted by molar-refractivity contribution is 6.28. The number of likely N-dealkylation sites (N-methyl/N-ethyl adjacent to an activating group) is 1. The Hall–Kier alpha value is -0.870. The van der Waals surface area contributed by atoms with Crippen LogP contribution >= 0.6 is 11.6 Å². The molecule has 1 spiro atoms. The van der Waals surface area contributed by atoms with Gasteiger partial charge in [-0.2, -0.15) is 4.98 Å². The highest BCUT2D eigenvalue weighted by Gasteiger charge is 2.50. The molecule has 0 unspecified atom stereocenters. The molecule has 1 saturated carbocycles. The van der Waals surface area contributed by atoms with E-state index in [1.165, 1.54) is 12.8 Å². The van der Waals surface area contributed by atoms with E-state index < -0.39 is 0 Å². The average Bonchev–Trinajstić information content (AvgIpc) is 3.01. The smallest absolute Gasteiger partial charge is 0.225 e. The lowest BCUT2D eigenvalue weighted by Gasteiger charge is -2.34. The van der Waals surface area contributed by atoms with E-state index in [2.05, 4.69) is 21.9 Å². The maximum Gasteiger partial charge on any atom is 0.225 e. The summed E-state index contributed by atoms with van der Waals surface area (Å²) < 4.78 is 5.77. The maximum absolute atomic E-state index is 6.00. The first-order valence-corrected chi connectivity index (χ1v) is 6.81. The standard InChI is InChI=1S/C13H18ClN3O/c1-8(2)18-11-9-7-17(3)13(4-5-13)6-10(9)15-12(14)16-11/h8H,4-7H2,1-3H3. The molecule has 0 saturated heterocycles. The van der Waals surface area contributed by atoms with Crippen LogP contribution in [0.1, 0.15) is 37.9 Å². The fourth-order valence-corrected chi connectivity index (χ4v) is 2.84. The Morgan fingerprint density at radius 3 is 2.67 bits per heavy atom. The first-order chi connectivity index (χ1) is 8.50. The summed E-state index contributed by atoms with van der Waals surface area (Å²) in [5.41, 5.74) is 2.51. The first kappa shape index (κ1) is 12.2. The predicted molar refractivity (Wildman–Crippen MR) is 69.9 cm³/mol. The molecule has 0 atom stereocenters. The van der Waals surface area contributed by atoms with Crippen molar-refractivity contribution in [1.29, 1.82) is 0 Å². The van der Waals surface area contributed by atoms with Crippen molar-refractivity contribution in [3.63, 3.8) is 0 Å². The highest BCUT2D eigenvalue weighted by atomic mass is 35.5. The Morgan fingerprint density at radius 1 is 1.33 bits per heavy atom. The number of aromatic nitrogens is 2. The van der Waals surface area contributed by atoms with Gasteiger partial charge in [0.1, 0.15) is 0 Å². The lowest BCUT2D eigenvalue weighted by molar-refractivity contribution is 0.177. The Bertz CT molecular complexity index is 468. The average molecular weight is 268 g/mol. The van der Waals surface area contributed by atoms with Gasteiger partial charge in [-0.3, -0.25) is 4.90 Å². The lowest BCUT2D eigenvalue weighted by Crippen LogP contribution is -2.40. The molecule has 1 aliphatic carbocycles. The fourth-order valence-electron chi connectivity index (χ4n) is 2.66. The summed E-state index contributed by atoms with van der Waals surface area (Å²) >= 11 is 6.00.